The van der Waals surface area contributed by atoms with Gasteiger partial charge in [0.25, 0.3) is 0 Å². The Labute approximate surface area is 185 Å². The van der Waals surface area contributed by atoms with E-state index < -0.39 is 0 Å². The molecule has 2 heterocycles. The maximum absolute atomic E-state index is 13.2. The summed E-state index contributed by atoms with van der Waals surface area (Å²) in [4.78, 5) is 15.4. The minimum atomic E-state index is -0.222. The molecule has 1 aliphatic rings. The number of hydrogen-bond acceptors (Lipinski definition) is 6. The Bertz CT molecular complexity index is 1230. The van der Waals surface area contributed by atoms with Crippen LogP contribution in [0.3, 0.4) is 0 Å². The number of nitrogens with zero attached hydrogens (tertiary/aromatic N) is 2. The molecule has 0 aliphatic carbocycles. The standard InChI is InChI=1S/C24H23ClN2O4/c1-27-11-9-15(17(27)8-10-26)22-20(29-2)13-21(30-3)23-18(28)12-19(31-24(22)23)14-6-4-5-7-16(14)25/h4-7,12-13,15,17H,8-9,11H2,1-3H3/t15-,17+/m0/s1. The van der Waals surface area contributed by atoms with Gasteiger partial charge in [0, 0.05) is 35.2 Å². The van der Waals surface area contributed by atoms with Gasteiger partial charge in [-0.05, 0) is 32.1 Å². The third-order valence-corrected chi connectivity index (χ3v) is 6.37. The molecule has 0 unspecified atom stereocenters. The van der Waals surface area contributed by atoms with Gasteiger partial charge in [0.05, 0.1) is 31.7 Å². The molecule has 7 heteroatoms. The number of benzene rings is 2. The summed E-state index contributed by atoms with van der Waals surface area (Å²) in [5, 5.41) is 10.2. The van der Waals surface area contributed by atoms with Gasteiger partial charge in [-0.3, -0.25) is 4.79 Å². The van der Waals surface area contributed by atoms with Crippen LogP contribution in [0.1, 0.15) is 24.3 Å². The molecule has 1 saturated heterocycles. The van der Waals surface area contributed by atoms with Crippen LogP contribution in [0.2, 0.25) is 5.02 Å². The highest BCUT2D eigenvalue weighted by atomic mass is 35.5. The zero-order chi connectivity index (χ0) is 22.1. The Morgan fingerprint density at radius 1 is 1.23 bits per heavy atom. The van der Waals surface area contributed by atoms with E-state index in [9.17, 15) is 10.1 Å². The first-order valence-corrected chi connectivity index (χ1v) is 10.4. The largest absolute Gasteiger partial charge is 0.496 e. The van der Waals surface area contributed by atoms with Crippen LogP contribution in [0, 0.1) is 11.3 Å². The highest BCUT2D eigenvalue weighted by Gasteiger charge is 2.37. The minimum Gasteiger partial charge on any atom is -0.496 e. The Balaban J connectivity index is 2.06. The second kappa shape index (κ2) is 8.62. The zero-order valence-electron chi connectivity index (χ0n) is 17.6. The topological polar surface area (TPSA) is 75.7 Å². The maximum atomic E-state index is 13.2. The molecular weight excluding hydrogens is 416 g/mol. The van der Waals surface area contributed by atoms with E-state index in [2.05, 4.69) is 11.0 Å². The Kier molecular flexibility index (Phi) is 5.90. The van der Waals surface area contributed by atoms with Crippen molar-refractivity contribution in [1.82, 2.24) is 4.90 Å². The van der Waals surface area contributed by atoms with Crippen molar-refractivity contribution in [3.8, 4) is 28.9 Å². The van der Waals surface area contributed by atoms with Crippen LogP contribution in [0.5, 0.6) is 11.5 Å². The van der Waals surface area contributed by atoms with E-state index in [1.165, 1.54) is 13.2 Å². The number of ether oxygens (including phenoxy) is 2. The summed E-state index contributed by atoms with van der Waals surface area (Å²) in [5.74, 6) is 1.31. The van der Waals surface area contributed by atoms with Crippen LogP contribution < -0.4 is 14.9 Å². The number of methoxy groups -OCH3 is 2. The molecule has 3 aromatic rings. The monoisotopic (exact) mass is 438 g/mol. The number of hydrogen-bond donors (Lipinski definition) is 0. The van der Waals surface area contributed by atoms with Crippen molar-refractivity contribution in [2.75, 3.05) is 27.8 Å². The molecule has 4 rings (SSSR count). The van der Waals surface area contributed by atoms with Gasteiger partial charge in [-0.1, -0.05) is 23.7 Å². The molecule has 0 N–H and O–H groups in total. The number of rotatable bonds is 5. The Morgan fingerprint density at radius 2 is 1.97 bits per heavy atom. The first kappa shape index (κ1) is 21.2. The van der Waals surface area contributed by atoms with Crippen molar-refractivity contribution in [3.63, 3.8) is 0 Å². The average Bonchev–Trinajstić information content (AvgIpc) is 3.12. The lowest BCUT2D eigenvalue weighted by molar-refractivity contribution is 0.298. The normalized spacial score (nSPS) is 18.8. The number of likely N-dealkylation sites (tertiary alicyclic amines) is 1. The van der Waals surface area contributed by atoms with Gasteiger partial charge in [0.2, 0.25) is 0 Å². The van der Waals surface area contributed by atoms with E-state index in [0.717, 1.165) is 18.5 Å². The van der Waals surface area contributed by atoms with Gasteiger partial charge in [0.15, 0.2) is 5.43 Å². The number of halogens is 1. The first-order chi connectivity index (χ1) is 15.0. The molecule has 160 valence electrons. The second-order valence-corrected chi connectivity index (χ2v) is 8.07. The van der Waals surface area contributed by atoms with Crippen molar-refractivity contribution in [1.29, 1.82) is 5.26 Å². The highest BCUT2D eigenvalue weighted by Crippen LogP contribution is 2.45. The number of likely N-dealkylation sites (N-methyl/N-ethyl adjacent to an activating group) is 1. The van der Waals surface area contributed by atoms with E-state index in [-0.39, 0.29) is 17.4 Å². The summed E-state index contributed by atoms with van der Waals surface area (Å²) in [6, 6.07) is 12.7. The quantitative estimate of drug-likeness (QED) is 0.567. The fourth-order valence-corrected chi connectivity index (χ4v) is 4.74. The number of nitriles is 1. The second-order valence-electron chi connectivity index (χ2n) is 7.66. The van der Waals surface area contributed by atoms with Crippen molar-refractivity contribution >= 4 is 22.6 Å². The lowest BCUT2D eigenvalue weighted by atomic mass is 9.87. The molecule has 6 nitrogen and oxygen atoms in total. The van der Waals surface area contributed by atoms with Crippen LogP contribution >= 0.6 is 11.6 Å². The zero-order valence-corrected chi connectivity index (χ0v) is 18.4. The molecule has 2 atom stereocenters. The van der Waals surface area contributed by atoms with Crippen LogP contribution in [0.4, 0.5) is 0 Å². The fourth-order valence-electron chi connectivity index (χ4n) is 4.51. The van der Waals surface area contributed by atoms with E-state index in [1.807, 2.05) is 25.2 Å². The predicted molar refractivity (Wildman–Crippen MR) is 120 cm³/mol. The third kappa shape index (κ3) is 3.65. The number of fused-ring (bicyclic) bond motifs is 1. The van der Waals surface area contributed by atoms with E-state index in [1.54, 1.807) is 19.2 Å². The van der Waals surface area contributed by atoms with Gasteiger partial charge in [0.1, 0.15) is 28.2 Å². The molecule has 31 heavy (non-hydrogen) atoms. The molecule has 0 amide bonds. The van der Waals surface area contributed by atoms with Crippen LogP contribution in [-0.2, 0) is 0 Å². The van der Waals surface area contributed by atoms with Crippen molar-refractivity contribution in [3.05, 3.63) is 57.2 Å². The van der Waals surface area contributed by atoms with Gasteiger partial charge in [-0.25, -0.2) is 0 Å². The molecule has 1 aliphatic heterocycles. The molecule has 1 fully saturated rings. The molecule has 0 saturated carbocycles. The predicted octanol–water partition coefficient (Wildman–Crippen LogP) is 4.83. The summed E-state index contributed by atoms with van der Waals surface area (Å²) in [6.45, 7) is 0.835. The lowest BCUT2D eigenvalue weighted by Gasteiger charge is -2.25. The van der Waals surface area contributed by atoms with Gasteiger partial charge in [-0.2, -0.15) is 5.26 Å². The maximum Gasteiger partial charge on any atom is 0.197 e. The summed E-state index contributed by atoms with van der Waals surface area (Å²) < 4.78 is 17.6. The smallest absolute Gasteiger partial charge is 0.197 e. The lowest BCUT2D eigenvalue weighted by Crippen LogP contribution is -2.28. The van der Waals surface area contributed by atoms with Crippen molar-refractivity contribution < 1.29 is 13.9 Å². The van der Waals surface area contributed by atoms with E-state index in [0.29, 0.717) is 45.2 Å². The van der Waals surface area contributed by atoms with E-state index >= 15 is 0 Å². The molecular formula is C24H23ClN2O4. The Morgan fingerprint density at radius 3 is 2.65 bits per heavy atom. The van der Waals surface area contributed by atoms with Crippen LogP contribution in [-0.4, -0.2) is 38.8 Å². The summed E-state index contributed by atoms with van der Waals surface area (Å²) >= 11 is 6.38. The highest BCUT2D eigenvalue weighted by molar-refractivity contribution is 6.33. The molecule has 0 radical (unpaired) electrons. The van der Waals surface area contributed by atoms with Gasteiger partial charge < -0.3 is 18.8 Å². The van der Waals surface area contributed by atoms with Gasteiger partial charge >= 0.3 is 0 Å². The van der Waals surface area contributed by atoms with Crippen molar-refractivity contribution in [2.45, 2.75) is 24.8 Å². The third-order valence-electron chi connectivity index (χ3n) is 6.04. The summed E-state index contributed by atoms with van der Waals surface area (Å²) in [7, 11) is 5.10. The summed E-state index contributed by atoms with van der Waals surface area (Å²) in [5.41, 5.74) is 1.61. The van der Waals surface area contributed by atoms with Crippen molar-refractivity contribution in [2.24, 2.45) is 0 Å². The molecule has 2 aromatic carbocycles. The fraction of sp³-hybridized carbons (Fsp3) is 0.333. The minimum absolute atomic E-state index is 0.00948. The average molecular weight is 439 g/mol. The van der Waals surface area contributed by atoms with Crippen LogP contribution in [0.25, 0.3) is 22.3 Å². The van der Waals surface area contributed by atoms with Gasteiger partial charge in [-0.15, -0.1) is 0 Å². The van der Waals surface area contributed by atoms with E-state index in [4.69, 9.17) is 25.5 Å². The first-order valence-electron chi connectivity index (χ1n) is 10.0. The molecule has 0 spiro atoms. The summed E-state index contributed by atoms with van der Waals surface area (Å²) in [6.07, 6.45) is 1.19. The Hall–Kier alpha value is -3.01. The molecule has 1 aromatic heterocycles. The molecule has 0 bridgehead atoms. The van der Waals surface area contributed by atoms with Crippen LogP contribution in [0.15, 0.2) is 45.6 Å². The SMILES string of the molecule is COc1cc(OC)c2c(=O)cc(-c3ccccc3Cl)oc2c1[C@H]1CCN(C)[C@@H]1CC#N.